The minimum atomic E-state index is -0.471. The summed E-state index contributed by atoms with van der Waals surface area (Å²) in [6.07, 6.45) is 0.910. The lowest BCUT2D eigenvalue weighted by Crippen LogP contribution is -2.54. The molecular weight excluding hydrogens is 246 g/mol. The lowest BCUT2D eigenvalue weighted by molar-refractivity contribution is 0.271. The van der Waals surface area contributed by atoms with Gasteiger partial charge in [0.25, 0.3) is 0 Å². The maximum atomic E-state index is 13.9. The van der Waals surface area contributed by atoms with Gasteiger partial charge in [0, 0.05) is 18.6 Å². The molecule has 1 saturated heterocycles. The molecule has 1 heterocycles. The van der Waals surface area contributed by atoms with Gasteiger partial charge in [-0.15, -0.1) is 0 Å². The summed E-state index contributed by atoms with van der Waals surface area (Å²) in [5, 5.41) is 3.45. The second-order valence-corrected chi connectivity index (χ2v) is 5.32. The molecule has 19 heavy (non-hydrogen) atoms. The molecule has 1 fully saturated rings. The van der Waals surface area contributed by atoms with E-state index in [0.29, 0.717) is 18.5 Å². The van der Waals surface area contributed by atoms with Crippen LogP contribution in [-0.2, 0) is 0 Å². The molecule has 3 unspecified atom stereocenters. The van der Waals surface area contributed by atoms with Crippen LogP contribution in [0.25, 0.3) is 0 Å². The molecule has 1 N–H and O–H groups in total. The first-order valence-corrected chi connectivity index (χ1v) is 7.00. The molecular formula is C15H22F2N2. The molecule has 106 valence electrons. The van der Waals surface area contributed by atoms with E-state index >= 15 is 0 Å². The maximum Gasteiger partial charge on any atom is 0.149 e. The van der Waals surface area contributed by atoms with Crippen LogP contribution in [-0.4, -0.2) is 25.2 Å². The maximum absolute atomic E-state index is 13.9. The minimum Gasteiger partial charge on any atom is -0.364 e. The third-order valence-electron chi connectivity index (χ3n) is 4.26. The SMILES string of the molecule is CCNC1CCN(c2c(F)cccc2F)C(C)C1C. The van der Waals surface area contributed by atoms with E-state index in [1.165, 1.54) is 18.2 Å². The minimum absolute atomic E-state index is 0.115. The average molecular weight is 268 g/mol. The molecule has 1 aromatic rings. The fourth-order valence-corrected chi connectivity index (χ4v) is 2.99. The van der Waals surface area contributed by atoms with Crippen molar-refractivity contribution in [1.29, 1.82) is 0 Å². The van der Waals surface area contributed by atoms with Gasteiger partial charge in [0.15, 0.2) is 0 Å². The highest BCUT2D eigenvalue weighted by Gasteiger charge is 2.34. The average Bonchev–Trinajstić information content (AvgIpc) is 2.37. The van der Waals surface area contributed by atoms with Crippen LogP contribution in [0, 0.1) is 17.6 Å². The van der Waals surface area contributed by atoms with Gasteiger partial charge in [-0.25, -0.2) is 8.78 Å². The molecule has 0 spiro atoms. The molecule has 0 bridgehead atoms. The van der Waals surface area contributed by atoms with Crippen molar-refractivity contribution in [2.24, 2.45) is 5.92 Å². The van der Waals surface area contributed by atoms with Crippen molar-refractivity contribution in [1.82, 2.24) is 5.32 Å². The van der Waals surface area contributed by atoms with Gasteiger partial charge in [0.2, 0.25) is 0 Å². The van der Waals surface area contributed by atoms with E-state index in [9.17, 15) is 8.78 Å². The number of nitrogens with zero attached hydrogens (tertiary/aromatic N) is 1. The number of rotatable bonds is 3. The number of benzene rings is 1. The van der Waals surface area contributed by atoms with Crippen LogP contribution in [0.5, 0.6) is 0 Å². The lowest BCUT2D eigenvalue weighted by atomic mass is 9.86. The van der Waals surface area contributed by atoms with Gasteiger partial charge in [-0.3, -0.25) is 0 Å². The van der Waals surface area contributed by atoms with Crippen molar-refractivity contribution < 1.29 is 8.78 Å². The second-order valence-electron chi connectivity index (χ2n) is 5.32. The standard InChI is InChI=1S/C15H22F2N2/c1-4-18-14-8-9-19(11(3)10(14)2)15-12(16)6-5-7-13(15)17/h5-7,10-11,14,18H,4,8-9H2,1-3H3. The molecule has 0 amide bonds. The van der Waals surface area contributed by atoms with E-state index in [-0.39, 0.29) is 11.7 Å². The normalized spacial score (nSPS) is 27.6. The van der Waals surface area contributed by atoms with E-state index in [1.807, 2.05) is 11.8 Å². The summed E-state index contributed by atoms with van der Waals surface area (Å²) in [6, 6.07) is 4.60. The highest BCUT2D eigenvalue weighted by Crippen LogP contribution is 2.32. The van der Waals surface area contributed by atoms with Crippen LogP contribution < -0.4 is 10.2 Å². The number of hydrogen-bond acceptors (Lipinski definition) is 2. The summed E-state index contributed by atoms with van der Waals surface area (Å²) in [7, 11) is 0. The lowest BCUT2D eigenvalue weighted by Gasteiger charge is -2.44. The zero-order valence-corrected chi connectivity index (χ0v) is 11.8. The summed E-state index contributed by atoms with van der Waals surface area (Å²) in [5.74, 6) is -0.588. The van der Waals surface area contributed by atoms with Crippen LogP contribution in [0.15, 0.2) is 18.2 Å². The molecule has 0 aromatic heterocycles. The predicted octanol–water partition coefficient (Wildman–Crippen LogP) is 3.18. The number of piperidine rings is 1. The molecule has 0 aliphatic carbocycles. The van der Waals surface area contributed by atoms with Crippen molar-refractivity contribution in [3.63, 3.8) is 0 Å². The van der Waals surface area contributed by atoms with Crippen molar-refractivity contribution in [3.8, 4) is 0 Å². The Morgan fingerprint density at radius 3 is 2.47 bits per heavy atom. The molecule has 4 heteroatoms. The third kappa shape index (κ3) is 2.73. The molecule has 0 radical (unpaired) electrons. The van der Waals surface area contributed by atoms with Gasteiger partial charge < -0.3 is 10.2 Å². The summed E-state index contributed by atoms with van der Waals surface area (Å²) in [6.45, 7) is 7.88. The Balaban J connectivity index is 2.23. The third-order valence-corrected chi connectivity index (χ3v) is 4.26. The van der Waals surface area contributed by atoms with E-state index in [2.05, 4.69) is 19.2 Å². The fraction of sp³-hybridized carbons (Fsp3) is 0.600. The first kappa shape index (κ1) is 14.3. The summed E-state index contributed by atoms with van der Waals surface area (Å²) >= 11 is 0. The molecule has 1 aromatic carbocycles. The Hall–Kier alpha value is -1.16. The van der Waals surface area contributed by atoms with Crippen LogP contribution >= 0.6 is 0 Å². The zero-order valence-electron chi connectivity index (χ0n) is 11.8. The zero-order chi connectivity index (χ0) is 14.0. The quantitative estimate of drug-likeness (QED) is 0.905. The van der Waals surface area contributed by atoms with Crippen molar-refractivity contribution >= 4 is 5.69 Å². The number of para-hydroxylation sites is 1. The Kier molecular flexibility index (Phi) is 4.40. The fourth-order valence-electron chi connectivity index (χ4n) is 2.99. The Morgan fingerprint density at radius 2 is 1.89 bits per heavy atom. The van der Waals surface area contributed by atoms with E-state index in [4.69, 9.17) is 0 Å². The summed E-state index contributed by atoms with van der Waals surface area (Å²) in [5.41, 5.74) is 0.122. The van der Waals surface area contributed by atoms with Gasteiger partial charge in [-0.1, -0.05) is 19.9 Å². The summed E-state index contributed by atoms with van der Waals surface area (Å²) in [4.78, 5) is 1.86. The van der Waals surface area contributed by atoms with Crippen LogP contribution in [0.2, 0.25) is 0 Å². The second kappa shape index (κ2) is 5.87. The van der Waals surface area contributed by atoms with Gasteiger partial charge >= 0.3 is 0 Å². The largest absolute Gasteiger partial charge is 0.364 e. The van der Waals surface area contributed by atoms with Crippen LogP contribution in [0.4, 0.5) is 14.5 Å². The topological polar surface area (TPSA) is 15.3 Å². The van der Waals surface area contributed by atoms with Crippen LogP contribution in [0.3, 0.4) is 0 Å². The molecule has 2 nitrogen and oxygen atoms in total. The highest BCUT2D eigenvalue weighted by molar-refractivity contribution is 5.50. The van der Waals surface area contributed by atoms with Gasteiger partial charge in [0.05, 0.1) is 0 Å². The van der Waals surface area contributed by atoms with Gasteiger partial charge in [0.1, 0.15) is 17.3 Å². The van der Waals surface area contributed by atoms with E-state index in [1.54, 1.807) is 0 Å². The number of nitrogens with one attached hydrogen (secondary N) is 1. The number of halogens is 2. The predicted molar refractivity (Wildman–Crippen MR) is 74.4 cm³/mol. The molecule has 3 atom stereocenters. The smallest absolute Gasteiger partial charge is 0.149 e. The molecule has 0 saturated carbocycles. The first-order chi connectivity index (χ1) is 9.06. The van der Waals surface area contributed by atoms with Gasteiger partial charge in [-0.05, 0) is 37.9 Å². The number of hydrogen-bond donors (Lipinski definition) is 1. The van der Waals surface area contributed by atoms with Gasteiger partial charge in [-0.2, -0.15) is 0 Å². The van der Waals surface area contributed by atoms with Crippen LogP contribution in [0.1, 0.15) is 27.2 Å². The van der Waals surface area contributed by atoms with E-state index < -0.39 is 11.6 Å². The number of anilines is 1. The molecule has 1 aliphatic rings. The Bertz CT molecular complexity index is 416. The van der Waals surface area contributed by atoms with Crippen molar-refractivity contribution in [2.45, 2.75) is 39.3 Å². The monoisotopic (exact) mass is 268 g/mol. The first-order valence-electron chi connectivity index (χ1n) is 7.00. The highest BCUT2D eigenvalue weighted by atomic mass is 19.1. The molecule has 2 rings (SSSR count). The molecule has 1 aliphatic heterocycles. The van der Waals surface area contributed by atoms with Crippen molar-refractivity contribution in [2.75, 3.05) is 18.0 Å². The summed E-state index contributed by atoms with van der Waals surface area (Å²) < 4.78 is 27.8. The van der Waals surface area contributed by atoms with E-state index in [0.717, 1.165) is 13.0 Å². The van der Waals surface area contributed by atoms with Crippen molar-refractivity contribution in [3.05, 3.63) is 29.8 Å². The Morgan fingerprint density at radius 1 is 1.26 bits per heavy atom. The Labute approximate surface area is 113 Å².